The average Bonchev–Trinajstić information content (AvgIpc) is 3.16. The van der Waals surface area contributed by atoms with Gasteiger partial charge in [-0.05, 0) is 44.0 Å². The van der Waals surface area contributed by atoms with E-state index < -0.39 is 0 Å². The SMILES string of the molecule is CCCCc1c(C(=O)Nc2ccccc2)c(=O)cc(C)n1Cc1ccco1. The number of hydrogen-bond acceptors (Lipinski definition) is 3. The second kappa shape index (κ2) is 8.54. The van der Waals surface area contributed by atoms with Crippen molar-refractivity contribution in [3.63, 3.8) is 0 Å². The standard InChI is InChI=1S/C22H24N2O3/c1-3-4-12-19-21(22(26)23-17-9-6-5-7-10-17)20(25)14-16(2)24(19)15-18-11-8-13-27-18/h5-11,13-14H,3-4,12,15H2,1-2H3,(H,23,26). The Morgan fingerprint density at radius 2 is 1.93 bits per heavy atom. The molecule has 0 unspecified atom stereocenters. The number of unbranched alkanes of at least 4 members (excludes halogenated alkanes) is 1. The number of nitrogens with zero attached hydrogens (tertiary/aromatic N) is 1. The fourth-order valence-electron chi connectivity index (χ4n) is 3.17. The molecule has 0 aliphatic heterocycles. The zero-order chi connectivity index (χ0) is 19.2. The first kappa shape index (κ1) is 18.7. The molecular weight excluding hydrogens is 340 g/mol. The number of carbonyl (C=O) groups excluding carboxylic acids is 1. The molecule has 3 rings (SSSR count). The molecule has 1 aromatic carbocycles. The molecule has 5 nitrogen and oxygen atoms in total. The molecule has 0 fully saturated rings. The molecule has 0 saturated heterocycles. The maximum absolute atomic E-state index is 12.9. The van der Waals surface area contributed by atoms with Gasteiger partial charge in [-0.25, -0.2) is 0 Å². The van der Waals surface area contributed by atoms with Gasteiger partial charge < -0.3 is 14.3 Å². The monoisotopic (exact) mass is 364 g/mol. The van der Waals surface area contributed by atoms with Crippen molar-refractivity contribution < 1.29 is 9.21 Å². The van der Waals surface area contributed by atoms with E-state index in [0.29, 0.717) is 18.7 Å². The lowest BCUT2D eigenvalue weighted by atomic mass is 10.0. The highest BCUT2D eigenvalue weighted by molar-refractivity contribution is 6.05. The Hall–Kier alpha value is -3.08. The maximum atomic E-state index is 12.9. The van der Waals surface area contributed by atoms with E-state index in [0.717, 1.165) is 30.0 Å². The number of anilines is 1. The summed E-state index contributed by atoms with van der Waals surface area (Å²) in [5.41, 5.74) is 2.21. The van der Waals surface area contributed by atoms with Crippen LogP contribution in [0.1, 0.15) is 47.3 Å². The Bertz CT molecular complexity index is 957. The van der Waals surface area contributed by atoms with Crippen LogP contribution in [0.25, 0.3) is 0 Å². The van der Waals surface area contributed by atoms with Gasteiger partial charge in [-0.1, -0.05) is 31.5 Å². The number of aryl methyl sites for hydroxylation is 1. The van der Waals surface area contributed by atoms with Crippen LogP contribution in [0.2, 0.25) is 0 Å². The van der Waals surface area contributed by atoms with E-state index in [1.54, 1.807) is 18.4 Å². The molecule has 27 heavy (non-hydrogen) atoms. The van der Waals surface area contributed by atoms with E-state index >= 15 is 0 Å². The molecule has 0 radical (unpaired) electrons. The average molecular weight is 364 g/mol. The van der Waals surface area contributed by atoms with Crippen LogP contribution in [0.4, 0.5) is 5.69 Å². The zero-order valence-electron chi connectivity index (χ0n) is 15.7. The predicted molar refractivity (Wildman–Crippen MR) is 106 cm³/mol. The Morgan fingerprint density at radius 1 is 1.15 bits per heavy atom. The molecule has 0 spiro atoms. The van der Waals surface area contributed by atoms with Gasteiger partial charge in [0.15, 0.2) is 5.43 Å². The summed E-state index contributed by atoms with van der Waals surface area (Å²) in [5, 5.41) is 2.85. The molecule has 3 aromatic rings. The van der Waals surface area contributed by atoms with Crippen LogP contribution in [0.5, 0.6) is 0 Å². The Balaban J connectivity index is 2.05. The van der Waals surface area contributed by atoms with E-state index in [4.69, 9.17) is 4.42 Å². The van der Waals surface area contributed by atoms with Crippen molar-refractivity contribution in [2.75, 3.05) is 5.32 Å². The molecule has 2 aromatic heterocycles. The van der Waals surface area contributed by atoms with Crippen LogP contribution in [0, 0.1) is 6.92 Å². The Kier molecular flexibility index (Phi) is 5.91. The molecule has 140 valence electrons. The number of pyridine rings is 1. The van der Waals surface area contributed by atoms with Crippen molar-refractivity contribution >= 4 is 11.6 Å². The maximum Gasteiger partial charge on any atom is 0.261 e. The zero-order valence-corrected chi connectivity index (χ0v) is 15.7. The van der Waals surface area contributed by atoms with Gasteiger partial charge in [-0.2, -0.15) is 0 Å². The second-order valence-corrected chi connectivity index (χ2v) is 6.56. The predicted octanol–water partition coefficient (Wildman–Crippen LogP) is 4.39. The van der Waals surface area contributed by atoms with Gasteiger partial charge in [0, 0.05) is 23.1 Å². The summed E-state index contributed by atoms with van der Waals surface area (Å²) in [6.45, 7) is 4.47. The van der Waals surface area contributed by atoms with Crippen LogP contribution in [-0.4, -0.2) is 10.5 Å². The molecule has 0 aliphatic carbocycles. The summed E-state index contributed by atoms with van der Waals surface area (Å²) < 4.78 is 7.49. The van der Waals surface area contributed by atoms with E-state index in [1.807, 2.05) is 41.8 Å². The molecule has 0 bridgehead atoms. The number of rotatable bonds is 7. The molecule has 2 heterocycles. The summed E-state index contributed by atoms with van der Waals surface area (Å²) >= 11 is 0. The summed E-state index contributed by atoms with van der Waals surface area (Å²) in [6.07, 6.45) is 4.16. The topological polar surface area (TPSA) is 64.2 Å². The molecule has 0 atom stereocenters. The first-order chi connectivity index (χ1) is 13.1. The third-order valence-electron chi connectivity index (χ3n) is 4.55. The fourth-order valence-corrected chi connectivity index (χ4v) is 3.17. The van der Waals surface area contributed by atoms with Crippen molar-refractivity contribution in [2.45, 2.75) is 39.7 Å². The third-order valence-corrected chi connectivity index (χ3v) is 4.55. The minimum atomic E-state index is -0.370. The first-order valence-corrected chi connectivity index (χ1v) is 9.22. The highest BCUT2D eigenvalue weighted by atomic mass is 16.3. The number of aromatic nitrogens is 1. The van der Waals surface area contributed by atoms with Crippen LogP contribution in [0.3, 0.4) is 0 Å². The first-order valence-electron chi connectivity index (χ1n) is 9.22. The highest BCUT2D eigenvalue weighted by Crippen LogP contribution is 2.17. The second-order valence-electron chi connectivity index (χ2n) is 6.56. The fraction of sp³-hybridized carbons (Fsp3) is 0.273. The van der Waals surface area contributed by atoms with Crippen molar-refractivity contribution in [2.24, 2.45) is 0 Å². The highest BCUT2D eigenvalue weighted by Gasteiger charge is 2.20. The van der Waals surface area contributed by atoms with Gasteiger partial charge in [0.05, 0.1) is 12.8 Å². The summed E-state index contributed by atoms with van der Waals surface area (Å²) in [5.74, 6) is 0.416. The van der Waals surface area contributed by atoms with Crippen molar-refractivity contribution in [3.05, 3.63) is 87.7 Å². The lowest BCUT2D eigenvalue weighted by Gasteiger charge is -2.19. The van der Waals surface area contributed by atoms with Gasteiger partial charge in [0.2, 0.25) is 0 Å². The molecule has 5 heteroatoms. The molecule has 0 aliphatic rings. The third kappa shape index (κ3) is 4.37. The number of furan rings is 1. The smallest absolute Gasteiger partial charge is 0.261 e. The van der Waals surface area contributed by atoms with Crippen molar-refractivity contribution in [3.8, 4) is 0 Å². The number of hydrogen-bond donors (Lipinski definition) is 1. The van der Waals surface area contributed by atoms with Crippen LogP contribution >= 0.6 is 0 Å². The van der Waals surface area contributed by atoms with E-state index in [2.05, 4.69) is 12.2 Å². The lowest BCUT2D eigenvalue weighted by molar-refractivity contribution is 0.102. The van der Waals surface area contributed by atoms with Gasteiger partial charge >= 0.3 is 0 Å². The minimum Gasteiger partial charge on any atom is -0.467 e. The van der Waals surface area contributed by atoms with Crippen molar-refractivity contribution in [1.29, 1.82) is 0 Å². The van der Waals surface area contributed by atoms with Gasteiger partial charge in [-0.3, -0.25) is 9.59 Å². The van der Waals surface area contributed by atoms with Crippen molar-refractivity contribution in [1.82, 2.24) is 4.57 Å². The van der Waals surface area contributed by atoms with Gasteiger partial charge in [0.1, 0.15) is 11.3 Å². The molecule has 1 N–H and O–H groups in total. The lowest BCUT2D eigenvalue weighted by Crippen LogP contribution is -2.28. The molecular formula is C22H24N2O3. The number of carbonyl (C=O) groups is 1. The summed E-state index contributed by atoms with van der Waals surface area (Å²) in [6, 6.07) is 14.4. The minimum absolute atomic E-state index is 0.212. The van der Waals surface area contributed by atoms with Crippen LogP contribution in [-0.2, 0) is 13.0 Å². The van der Waals surface area contributed by atoms with Crippen LogP contribution in [0.15, 0.2) is 64.0 Å². The van der Waals surface area contributed by atoms with Gasteiger partial charge in [-0.15, -0.1) is 0 Å². The molecule has 0 saturated carbocycles. The Labute approximate surface area is 158 Å². The largest absolute Gasteiger partial charge is 0.467 e. The van der Waals surface area contributed by atoms with E-state index in [9.17, 15) is 9.59 Å². The quantitative estimate of drug-likeness (QED) is 0.676. The Morgan fingerprint density at radius 3 is 2.59 bits per heavy atom. The van der Waals surface area contributed by atoms with Gasteiger partial charge in [0.25, 0.3) is 5.91 Å². The number of amides is 1. The number of nitrogens with one attached hydrogen (secondary N) is 1. The molecule has 1 amide bonds. The van der Waals surface area contributed by atoms with E-state index in [1.165, 1.54) is 6.07 Å². The number of para-hydroxylation sites is 1. The normalized spacial score (nSPS) is 10.7. The summed E-state index contributed by atoms with van der Waals surface area (Å²) in [7, 11) is 0. The summed E-state index contributed by atoms with van der Waals surface area (Å²) in [4.78, 5) is 25.6. The van der Waals surface area contributed by atoms with E-state index in [-0.39, 0.29) is 16.9 Å². The van der Waals surface area contributed by atoms with Crippen LogP contribution < -0.4 is 10.7 Å². The number of benzene rings is 1.